The number of esters is 1. The largest absolute Gasteiger partial charge is 0.493 e. The zero-order valence-corrected chi connectivity index (χ0v) is 13.6. The van der Waals surface area contributed by atoms with Gasteiger partial charge >= 0.3 is 5.97 Å². The van der Waals surface area contributed by atoms with Crippen molar-refractivity contribution in [3.8, 4) is 17.6 Å². The van der Waals surface area contributed by atoms with E-state index in [1.54, 1.807) is 18.2 Å². The average Bonchev–Trinajstić information content (AvgIpc) is 2.54. The highest BCUT2D eigenvalue weighted by molar-refractivity contribution is 5.73. The Labute approximate surface area is 136 Å². The molecule has 0 saturated heterocycles. The number of hydrogen-bond donors (Lipinski definition) is 0. The molecule has 0 fully saturated rings. The van der Waals surface area contributed by atoms with Crippen LogP contribution in [0.1, 0.15) is 28.7 Å². The molecule has 0 amide bonds. The molecule has 0 radical (unpaired) electrons. The van der Waals surface area contributed by atoms with E-state index in [-0.39, 0.29) is 12.4 Å². The third-order valence-corrected chi connectivity index (χ3v) is 3.61. The van der Waals surface area contributed by atoms with Crippen LogP contribution >= 0.6 is 0 Å². The summed E-state index contributed by atoms with van der Waals surface area (Å²) in [5.41, 5.74) is 3.97. The maximum atomic E-state index is 12.0. The van der Waals surface area contributed by atoms with Crippen LogP contribution in [0.15, 0.2) is 36.4 Å². The Morgan fingerprint density at radius 1 is 1.13 bits per heavy atom. The molecule has 4 nitrogen and oxygen atoms in total. The molecule has 4 heteroatoms. The molecule has 0 aliphatic heterocycles. The number of methoxy groups -OCH3 is 1. The van der Waals surface area contributed by atoms with E-state index in [0.29, 0.717) is 23.5 Å². The van der Waals surface area contributed by atoms with Crippen LogP contribution in [-0.4, -0.2) is 13.1 Å². The van der Waals surface area contributed by atoms with Crippen molar-refractivity contribution < 1.29 is 14.3 Å². The van der Waals surface area contributed by atoms with Crippen molar-refractivity contribution in [3.63, 3.8) is 0 Å². The zero-order valence-electron chi connectivity index (χ0n) is 13.6. The molecule has 0 aliphatic rings. The normalized spacial score (nSPS) is 10.0. The number of carbonyl (C=O) groups excluding carboxylic acids is 1. The predicted octanol–water partition coefficient (Wildman–Crippen LogP) is 3.72. The van der Waals surface area contributed by atoms with Crippen molar-refractivity contribution >= 4 is 5.97 Å². The summed E-state index contributed by atoms with van der Waals surface area (Å²) in [4.78, 5) is 12.0. The van der Waals surface area contributed by atoms with E-state index in [9.17, 15) is 4.79 Å². The van der Waals surface area contributed by atoms with Crippen LogP contribution in [0.25, 0.3) is 0 Å². The first-order valence-corrected chi connectivity index (χ1v) is 7.38. The predicted molar refractivity (Wildman–Crippen MR) is 87.6 cm³/mol. The van der Waals surface area contributed by atoms with E-state index in [2.05, 4.69) is 6.07 Å². The highest BCUT2D eigenvalue weighted by atomic mass is 16.6. The summed E-state index contributed by atoms with van der Waals surface area (Å²) >= 11 is 0. The highest BCUT2D eigenvalue weighted by Gasteiger charge is 2.11. The monoisotopic (exact) mass is 309 g/mol. The Hall–Kier alpha value is -2.80. The fraction of sp³-hybridized carbons (Fsp3) is 0.263. The molecule has 2 aromatic rings. The SMILES string of the molecule is COc1cc(C#N)ccc1OC(=O)CCc1ccc(C)cc1C. The Kier molecular flexibility index (Phi) is 5.37. The zero-order chi connectivity index (χ0) is 16.8. The Balaban J connectivity index is 2.01. The molecule has 23 heavy (non-hydrogen) atoms. The van der Waals surface area contributed by atoms with Crippen LogP contribution in [0.4, 0.5) is 0 Å². The summed E-state index contributed by atoms with van der Waals surface area (Å²) in [6.45, 7) is 4.08. The Bertz CT molecular complexity index is 760. The maximum absolute atomic E-state index is 12.0. The van der Waals surface area contributed by atoms with Crippen molar-refractivity contribution in [1.29, 1.82) is 5.26 Å². The van der Waals surface area contributed by atoms with Gasteiger partial charge in [-0.15, -0.1) is 0 Å². The van der Waals surface area contributed by atoms with Crippen LogP contribution in [0, 0.1) is 25.2 Å². The minimum atomic E-state index is -0.326. The van der Waals surface area contributed by atoms with Gasteiger partial charge in [0.1, 0.15) is 0 Å². The van der Waals surface area contributed by atoms with Crippen LogP contribution in [0.2, 0.25) is 0 Å². The summed E-state index contributed by atoms with van der Waals surface area (Å²) in [5.74, 6) is 0.383. The maximum Gasteiger partial charge on any atom is 0.311 e. The fourth-order valence-electron chi connectivity index (χ4n) is 2.36. The molecule has 0 aliphatic carbocycles. The van der Waals surface area contributed by atoms with Gasteiger partial charge in [-0.3, -0.25) is 4.79 Å². The fourth-order valence-corrected chi connectivity index (χ4v) is 2.36. The number of ether oxygens (including phenoxy) is 2. The summed E-state index contributed by atoms with van der Waals surface area (Å²) in [6.07, 6.45) is 0.913. The van der Waals surface area contributed by atoms with E-state index in [1.165, 1.54) is 18.2 Å². The summed E-state index contributed by atoms with van der Waals surface area (Å²) in [6, 6.07) is 12.9. The third-order valence-electron chi connectivity index (χ3n) is 3.61. The summed E-state index contributed by atoms with van der Waals surface area (Å²) in [5, 5.41) is 8.87. The molecule has 0 unspecified atom stereocenters. The highest BCUT2D eigenvalue weighted by Crippen LogP contribution is 2.28. The van der Waals surface area contributed by atoms with Crippen molar-refractivity contribution in [3.05, 3.63) is 58.7 Å². The first kappa shape index (κ1) is 16.6. The number of nitriles is 1. The first-order chi connectivity index (χ1) is 11.0. The smallest absolute Gasteiger partial charge is 0.311 e. The van der Waals surface area contributed by atoms with Gasteiger partial charge in [0.25, 0.3) is 0 Å². The second-order valence-electron chi connectivity index (χ2n) is 5.38. The molecule has 0 atom stereocenters. The molecule has 0 spiro atoms. The molecule has 2 rings (SSSR count). The second kappa shape index (κ2) is 7.46. The molecule has 0 bridgehead atoms. The van der Waals surface area contributed by atoms with Gasteiger partial charge in [0.15, 0.2) is 11.5 Å². The molecule has 0 saturated carbocycles. The van der Waals surface area contributed by atoms with Gasteiger partial charge in [-0.1, -0.05) is 23.8 Å². The van der Waals surface area contributed by atoms with Crippen molar-refractivity contribution in [1.82, 2.24) is 0 Å². The van der Waals surface area contributed by atoms with Gasteiger partial charge in [-0.05, 0) is 43.5 Å². The van der Waals surface area contributed by atoms with Gasteiger partial charge in [-0.25, -0.2) is 0 Å². The first-order valence-electron chi connectivity index (χ1n) is 7.38. The van der Waals surface area contributed by atoms with Crippen LogP contribution in [0.5, 0.6) is 11.5 Å². The quantitative estimate of drug-likeness (QED) is 0.624. The van der Waals surface area contributed by atoms with Crippen molar-refractivity contribution in [2.45, 2.75) is 26.7 Å². The number of carbonyl (C=O) groups is 1. The Morgan fingerprint density at radius 3 is 2.57 bits per heavy atom. The number of aryl methyl sites for hydroxylation is 3. The van der Waals surface area contributed by atoms with E-state index < -0.39 is 0 Å². The molecule has 0 N–H and O–H groups in total. The lowest BCUT2D eigenvalue weighted by Gasteiger charge is -2.10. The van der Waals surface area contributed by atoms with E-state index in [0.717, 1.165) is 5.56 Å². The van der Waals surface area contributed by atoms with Gasteiger partial charge in [-0.2, -0.15) is 5.26 Å². The van der Waals surface area contributed by atoms with Crippen molar-refractivity contribution in [2.75, 3.05) is 7.11 Å². The molecule has 0 aromatic heterocycles. The number of benzene rings is 2. The van der Waals surface area contributed by atoms with E-state index in [1.807, 2.05) is 32.0 Å². The lowest BCUT2D eigenvalue weighted by Crippen LogP contribution is -2.10. The second-order valence-corrected chi connectivity index (χ2v) is 5.38. The van der Waals surface area contributed by atoms with E-state index >= 15 is 0 Å². The summed E-state index contributed by atoms with van der Waals surface area (Å²) < 4.78 is 10.5. The average molecular weight is 309 g/mol. The molecule has 2 aromatic carbocycles. The minimum Gasteiger partial charge on any atom is -0.493 e. The number of nitrogens with zero attached hydrogens (tertiary/aromatic N) is 1. The van der Waals surface area contributed by atoms with Crippen molar-refractivity contribution in [2.24, 2.45) is 0 Å². The van der Waals surface area contributed by atoms with Gasteiger partial charge in [0.05, 0.1) is 18.7 Å². The standard InChI is InChI=1S/C19H19NO3/c1-13-4-6-16(14(2)10-13)7-9-19(21)23-17-8-5-15(12-20)11-18(17)22-3/h4-6,8,10-11H,7,9H2,1-3H3. The minimum absolute atomic E-state index is 0.285. The Morgan fingerprint density at radius 2 is 1.91 bits per heavy atom. The topological polar surface area (TPSA) is 59.3 Å². The van der Waals surface area contributed by atoms with Gasteiger partial charge in [0.2, 0.25) is 0 Å². The number of hydrogen-bond acceptors (Lipinski definition) is 4. The lowest BCUT2D eigenvalue weighted by molar-refractivity contribution is -0.134. The van der Waals surface area contributed by atoms with Crippen LogP contribution in [0.3, 0.4) is 0 Å². The van der Waals surface area contributed by atoms with Gasteiger partial charge < -0.3 is 9.47 Å². The summed E-state index contributed by atoms with van der Waals surface area (Å²) in [7, 11) is 1.48. The lowest BCUT2D eigenvalue weighted by atomic mass is 10.0. The molecular weight excluding hydrogens is 290 g/mol. The molecule has 0 heterocycles. The molecular formula is C19H19NO3. The van der Waals surface area contributed by atoms with Gasteiger partial charge in [0, 0.05) is 12.5 Å². The number of rotatable bonds is 5. The van der Waals surface area contributed by atoms with Crippen LogP contribution < -0.4 is 9.47 Å². The molecule has 118 valence electrons. The third kappa shape index (κ3) is 4.33. The van der Waals surface area contributed by atoms with Crippen LogP contribution in [-0.2, 0) is 11.2 Å². The van der Waals surface area contributed by atoms with E-state index in [4.69, 9.17) is 14.7 Å².